The molecule has 8 heteroatoms. The number of carboxylic acids is 1. The summed E-state index contributed by atoms with van der Waals surface area (Å²) in [5, 5.41) is 48.1. The van der Waals surface area contributed by atoms with Crippen molar-refractivity contribution in [2.75, 3.05) is 6.54 Å². The molecule has 1 rings (SSSR count). The van der Waals surface area contributed by atoms with Gasteiger partial charge in [-0.25, -0.2) is 0 Å². The van der Waals surface area contributed by atoms with Gasteiger partial charge in [0.2, 0.25) is 0 Å². The number of aliphatic hydroxyl groups is 4. The monoisotopic (exact) mass is 249 g/mol. The summed E-state index contributed by atoms with van der Waals surface area (Å²) >= 11 is 0. The molecule has 8 nitrogen and oxygen atoms in total. The van der Waals surface area contributed by atoms with Crippen molar-refractivity contribution in [3.8, 4) is 0 Å². The van der Waals surface area contributed by atoms with Crippen molar-refractivity contribution in [1.29, 1.82) is 0 Å². The highest BCUT2D eigenvalue weighted by molar-refractivity contribution is 5.87. The first-order valence-corrected chi connectivity index (χ1v) is 5.03. The molecule has 98 valence electrons. The van der Waals surface area contributed by atoms with Crippen molar-refractivity contribution in [2.45, 2.75) is 36.8 Å². The van der Waals surface area contributed by atoms with Gasteiger partial charge < -0.3 is 30.8 Å². The van der Waals surface area contributed by atoms with E-state index < -0.39 is 55.2 Å². The number of aliphatic hydroxyl groups excluding tert-OH is 3. The van der Waals surface area contributed by atoms with Crippen molar-refractivity contribution in [1.82, 2.24) is 5.32 Å². The number of carbonyl (C=O) groups excluding carboxylic acids is 1. The van der Waals surface area contributed by atoms with Gasteiger partial charge in [0.1, 0.15) is 18.2 Å². The molecule has 1 aliphatic rings. The molecule has 0 radical (unpaired) electrons. The molecule has 1 saturated carbocycles. The summed E-state index contributed by atoms with van der Waals surface area (Å²) in [7, 11) is 0. The third kappa shape index (κ3) is 3.13. The Morgan fingerprint density at radius 1 is 1.18 bits per heavy atom. The minimum atomic E-state index is -2.08. The van der Waals surface area contributed by atoms with Crippen LogP contribution in [0.5, 0.6) is 0 Å². The maximum absolute atomic E-state index is 11.5. The Morgan fingerprint density at radius 2 is 1.65 bits per heavy atom. The average molecular weight is 249 g/mol. The SMILES string of the molecule is O=C(O)CNC(=O)C1(O)C[C@@H](O)C(O)[C@H](O)C1. The first-order chi connectivity index (χ1) is 7.76. The Bertz CT molecular complexity index is 306. The van der Waals surface area contributed by atoms with Crippen LogP contribution in [0.2, 0.25) is 0 Å². The maximum atomic E-state index is 11.5. The van der Waals surface area contributed by atoms with Crippen LogP contribution in [0.15, 0.2) is 0 Å². The minimum Gasteiger partial charge on any atom is -0.480 e. The van der Waals surface area contributed by atoms with Crippen LogP contribution in [0.25, 0.3) is 0 Å². The Kier molecular flexibility index (Phi) is 4.04. The zero-order chi connectivity index (χ0) is 13.2. The third-order valence-electron chi connectivity index (χ3n) is 2.70. The number of aliphatic carboxylic acids is 1. The van der Waals surface area contributed by atoms with E-state index in [1.54, 1.807) is 0 Å². The van der Waals surface area contributed by atoms with Gasteiger partial charge in [0.05, 0.1) is 12.2 Å². The fourth-order valence-corrected chi connectivity index (χ4v) is 1.78. The van der Waals surface area contributed by atoms with Gasteiger partial charge >= 0.3 is 5.97 Å². The molecule has 0 bridgehead atoms. The number of hydrogen-bond acceptors (Lipinski definition) is 6. The number of rotatable bonds is 3. The van der Waals surface area contributed by atoms with Crippen LogP contribution in [-0.4, -0.2) is 67.9 Å². The molecule has 0 aromatic rings. The van der Waals surface area contributed by atoms with E-state index in [4.69, 9.17) is 5.11 Å². The first kappa shape index (κ1) is 13.8. The van der Waals surface area contributed by atoms with E-state index in [0.29, 0.717) is 0 Å². The van der Waals surface area contributed by atoms with Gasteiger partial charge in [-0.3, -0.25) is 9.59 Å². The molecule has 17 heavy (non-hydrogen) atoms. The molecule has 2 atom stereocenters. The van der Waals surface area contributed by atoms with Crippen molar-refractivity contribution >= 4 is 11.9 Å². The normalized spacial score (nSPS) is 37.5. The van der Waals surface area contributed by atoms with Crippen LogP contribution in [0, 0.1) is 0 Å². The summed E-state index contributed by atoms with van der Waals surface area (Å²) < 4.78 is 0. The first-order valence-electron chi connectivity index (χ1n) is 5.03. The van der Waals surface area contributed by atoms with Gasteiger partial charge in [0, 0.05) is 12.8 Å². The molecule has 0 unspecified atom stereocenters. The van der Waals surface area contributed by atoms with Crippen LogP contribution in [0.4, 0.5) is 0 Å². The van der Waals surface area contributed by atoms with Crippen molar-refractivity contribution in [3.63, 3.8) is 0 Å². The van der Waals surface area contributed by atoms with E-state index in [1.807, 2.05) is 5.32 Å². The van der Waals surface area contributed by atoms with Crippen LogP contribution in [0.1, 0.15) is 12.8 Å². The third-order valence-corrected chi connectivity index (χ3v) is 2.70. The molecule has 0 aromatic carbocycles. The van der Waals surface area contributed by atoms with Gasteiger partial charge in [-0.05, 0) is 0 Å². The van der Waals surface area contributed by atoms with Crippen molar-refractivity contribution < 1.29 is 35.1 Å². The van der Waals surface area contributed by atoms with E-state index in [2.05, 4.69) is 0 Å². The number of carboxylic acid groups (broad SMARTS) is 1. The van der Waals surface area contributed by atoms with E-state index in [0.717, 1.165) is 0 Å². The summed E-state index contributed by atoms with van der Waals surface area (Å²) in [6, 6.07) is 0. The molecule has 0 aliphatic heterocycles. The van der Waals surface area contributed by atoms with E-state index in [-0.39, 0.29) is 0 Å². The topological polar surface area (TPSA) is 147 Å². The second kappa shape index (κ2) is 4.96. The minimum absolute atomic E-state index is 0.462. The van der Waals surface area contributed by atoms with Crippen molar-refractivity contribution in [3.05, 3.63) is 0 Å². The lowest BCUT2D eigenvalue weighted by Crippen LogP contribution is -2.59. The highest BCUT2D eigenvalue weighted by atomic mass is 16.4. The molecule has 0 aromatic heterocycles. The zero-order valence-electron chi connectivity index (χ0n) is 8.91. The predicted molar refractivity (Wildman–Crippen MR) is 52.8 cm³/mol. The second-order valence-corrected chi connectivity index (χ2v) is 4.14. The smallest absolute Gasteiger partial charge is 0.322 e. The molecule has 1 aliphatic carbocycles. The summed E-state index contributed by atoms with van der Waals surface area (Å²) in [4.78, 5) is 21.7. The largest absolute Gasteiger partial charge is 0.480 e. The van der Waals surface area contributed by atoms with E-state index >= 15 is 0 Å². The summed E-state index contributed by atoms with van der Waals surface area (Å²) in [5.41, 5.74) is -2.08. The number of nitrogens with one attached hydrogen (secondary N) is 1. The maximum Gasteiger partial charge on any atom is 0.322 e. The molecular weight excluding hydrogens is 234 g/mol. The summed E-state index contributed by atoms with van der Waals surface area (Å²) in [6.07, 6.45) is -5.24. The molecule has 1 fully saturated rings. The zero-order valence-corrected chi connectivity index (χ0v) is 8.91. The summed E-state index contributed by atoms with van der Waals surface area (Å²) in [5.74, 6) is -2.27. The Hall–Kier alpha value is -1.22. The van der Waals surface area contributed by atoms with Gasteiger partial charge in [0.25, 0.3) is 5.91 Å². The lowest BCUT2D eigenvalue weighted by Gasteiger charge is -2.38. The fourth-order valence-electron chi connectivity index (χ4n) is 1.78. The van der Waals surface area contributed by atoms with Gasteiger partial charge in [0.15, 0.2) is 0 Å². The van der Waals surface area contributed by atoms with Gasteiger partial charge in [-0.1, -0.05) is 0 Å². The molecule has 6 N–H and O–H groups in total. The predicted octanol–water partition coefficient (Wildman–Crippen LogP) is -3.21. The van der Waals surface area contributed by atoms with Crippen LogP contribution >= 0.6 is 0 Å². The Balaban J connectivity index is 2.67. The number of hydrogen-bond donors (Lipinski definition) is 6. The standard InChI is InChI=1S/C9H15NO7/c11-4-1-9(17,2-5(12)7(4)15)8(16)10-3-6(13)14/h4-5,7,11-12,15,17H,1-3H2,(H,10,16)(H,13,14)/t4-,5-,7?,9?/m1/s1. The molecule has 0 saturated heterocycles. The van der Waals surface area contributed by atoms with Gasteiger partial charge in [-0.2, -0.15) is 0 Å². The Labute approximate surface area is 96.5 Å². The van der Waals surface area contributed by atoms with E-state index in [1.165, 1.54) is 0 Å². The number of amides is 1. The van der Waals surface area contributed by atoms with Gasteiger partial charge in [-0.15, -0.1) is 0 Å². The lowest BCUT2D eigenvalue weighted by atomic mass is 9.79. The van der Waals surface area contributed by atoms with Crippen molar-refractivity contribution in [2.24, 2.45) is 0 Å². The quantitative estimate of drug-likeness (QED) is 0.308. The molecule has 0 spiro atoms. The van der Waals surface area contributed by atoms with Crippen LogP contribution in [-0.2, 0) is 9.59 Å². The van der Waals surface area contributed by atoms with E-state index in [9.17, 15) is 30.0 Å². The molecule has 1 amide bonds. The second-order valence-electron chi connectivity index (χ2n) is 4.14. The Morgan fingerprint density at radius 3 is 2.06 bits per heavy atom. The highest BCUT2D eigenvalue weighted by Gasteiger charge is 2.48. The average Bonchev–Trinajstić information content (AvgIpc) is 2.22. The lowest BCUT2D eigenvalue weighted by molar-refractivity contribution is -0.173. The fraction of sp³-hybridized carbons (Fsp3) is 0.778. The van der Waals surface area contributed by atoms with Crippen LogP contribution < -0.4 is 5.32 Å². The molecular formula is C9H15NO7. The summed E-state index contributed by atoms with van der Waals surface area (Å²) in [6.45, 7) is -0.671. The van der Waals surface area contributed by atoms with Crippen LogP contribution in [0.3, 0.4) is 0 Å². The molecule has 0 heterocycles. The highest BCUT2D eigenvalue weighted by Crippen LogP contribution is 2.29. The number of carbonyl (C=O) groups is 2.